The second-order valence-electron chi connectivity index (χ2n) is 5.40. The Labute approximate surface area is 116 Å². The van der Waals surface area contributed by atoms with Crippen molar-refractivity contribution < 1.29 is 0 Å². The summed E-state index contributed by atoms with van der Waals surface area (Å²) < 4.78 is 1.69. The van der Waals surface area contributed by atoms with E-state index in [0.29, 0.717) is 6.04 Å². The third-order valence-corrected chi connectivity index (χ3v) is 4.88. The minimum Gasteiger partial charge on any atom is -0.295 e. The highest BCUT2D eigenvalue weighted by Gasteiger charge is 2.19. The Kier molecular flexibility index (Phi) is 3.41. The summed E-state index contributed by atoms with van der Waals surface area (Å²) >= 11 is 1.54. The van der Waals surface area contributed by atoms with Crippen molar-refractivity contribution in [1.82, 2.24) is 14.3 Å². The summed E-state index contributed by atoms with van der Waals surface area (Å²) in [5.41, 5.74) is 1.92. The first-order valence-corrected chi connectivity index (χ1v) is 7.74. The highest BCUT2D eigenvalue weighted by Crippen LogP contribution is 2.19. The summed E-state index contributed by atoms with van der Waals surface area (Å²) in [5, 5.41) is 1.98. The highest BCUT2D eigenvalue weighted by molar-refractivity contribution is 7.15. The fourth-order valence-corrected chi connectivity index (χ4v) is 3.67. The Bertz CT molecular complexity index is 646. The van der Waals surface area contributed by atoms with Crippen LogP contribution in [0.15, 0.2) is 16.2 Å². The molecule has 102 valence electrons. The molecule has 1 atom stereocenters. The van der Waals surface area contributed by atoms with Crippen molar-refractivity contribution >= 4 is 16.3 Å². The van der Waals surface area contributed by atoms with Gasteiger partial charge in [-0.3, -0.25) is 14.1 Å². The molecule has 1 aliphatic heterocycles. The predicted molar refractivity (Wildman–Crippen MR) is 77.8 cm³/mol. The molecular formula is C14H19N3OS. The van der Waals surface area contributed by atoms with E-state index in [-0.39, 0.29) is 5.56 Å². The van der Waals surface area contributed by atoms with Crippen LogP contribution in [0.4, 0.5) is 0 Å². The molecule has 1 saturated heterocycles. The number of hydrogen-bond donors (Lipinski definition) is 0. The van der Waals surface area contributed by atoms with Crippen molar-refractivity contribution in [2.45, 2.75) is 45.7 Å². The van der Waals surface area contributed by atoms with Crippen LogP contribution < -0.4 is 5.56 Å². The van der Waals surface area contributed by atoms with Gasteiger partial charge in [-0.2, -0.15) is 0 Å². The van der Waals surface area contributed by atoms with Gasteiger partial charge >= 0.3 is 0 Å². The van der Waals surface area contributed by atoms with Crippen molar-refractivity contribution in [2.75, 3.05) is 6.54 Å². The molecule has 0 aliphatic carbocycles. The first kappa shape index (κ1) is 12.8. The van der Waals surface area contributed by atoms with Crippen LogP contribution in [0.5, 0.6) is 0 Å². The molecule has 0 amide bonds. The number of aryl methyl sites for hydroxylation is 1. The molecule has 5 heteroatoms. The molecule has 2 aromatic heterocycles. The van der Waals surface area contributed by atoms with Crippen LogP contribution in [0.1, 0.15) is 37.6 Å². The molecule has 0 radical (unpaired) electrons. The molecule has 0 saturated carbocycles. The van der Waals surface area contributed by atoms with Crippen LogP contribution >= 0.6 is 11.3 Å². The molecule has 19 heavy (non-hydrogen) atoms. The monoisotopic (exact) mass is 277 g/mol. The van der Waals surface area contributed by atoms with E-state index in [4.69, 9.17) is 0 Å². The van der Waals surface area contributed by atoms with Crippen molar-refractivity contribution in [3.63, 3.8) is 0 Å². The Morgan fingerprint density at radius 1 is 1.47 bits per heavy atom. The van der Waals surface area contributed by atoms with E-state index in [1.165, 1.54) is 30.6 Å². The molecule has 2 aromatic rings. The van der Waals surface area contributed by atoms with Gasteiger partial charge in [0, 0.05) is 29.7 Å². The van der Waals surface area contributed by atoms with Crippen LogP contribution in [0.2, 0.25) is 0 Å². The minimum atomic E-state index is 0.0448. The minimum absolute atomic E-state index is 0.0448. The number of nitrogens with zero attached hydrogens (tertiary/aromatic N) is 3. The standard InChI is InChI=1S/C14H19N3OS/c1-10-5-3-4-6-16(10)8-12-7-13(18)17-11(2)9-19-14(17)15-12/h7,9-10H,3-6,8H2,1-2H3/t10-/m0/s1. The second-order valence-corrected chi connectivity index (χ2v) is 6.23. The van der Waals surface area contributed by atoms with Gasteiger partial charge in [-0.15, -0.1) is 11.3 Å². The van der Waals surface area contributed by atoms with Crippen molar-refractivity contribution in [1.29, 1.82) is 0 Å². The normalized spacial score (nSPS) is 21.1. The average Bonchev–Trinajstić information content (AvgIpc) is 2.74. The lowest BCUT2D eigenvalue weighted by atomic mass is 10.0. The number of piperidine rings is 1. The van der Waals surface area contributed by atoms with Gasteiger partial charge in [0.05, 0.1) is 5.69 Å². The van der Waals surface area contributed by atoms with E-state index >= 15 is 0 Å². The molecule has 0 spiro atoms. The zero-order valence-electron chi connectivity index (χ0n) is 11.4. The molecular weight excluding hydrogens is 258 g/mol. The number of fused-ring (bicyclic) bond motifs is 1. The Morgan fingerprint density at radius 2 is 2.32 bits per heavy atom. The molecule has 0 bridgehead atoms. The quantitative estimate of drug-likeness (QED) is 0.846. The summed E-state index contributed by atoms with van der Waals surface area (Å²) in [6.45, 7) is 6.12. The van der Waals surface area contributed by atoms with Crippen molar-refractivity contribution in [3.8, 4) is 0 Å². The molecule has 0 unspecified atom stereocenters. The lowest BCUT2D eigenvalue weighted by Gasteiger charge is -2.32. The summed E-state index contributed by atoms with van der Waals surface area (Å²) in [6.07, 6.45) is 3.82. The maximum atomic E-state index is 12.1. The zero-order valence-corrected chi connectivity index (χ0v) is 12.2. The highest BCUT2D eigenvalue weighted by atomic mass is 32.1. The van der Waals surface area contributed by atoms with Gasteiger partial charge in [0.15, 0.2) is 4.96 Å². The Balaban J connectivity index is 1.91. The molecule has 3 heterocycles. The molecule has 3 rings (SSSR count). The third kappa shape index (κ3) is 2.44. The number of rotatable bonds is 2. The maximum Gasteiger partial charge on any atom is 0.259 e. The molecule has 4 nitrogen and oxygen atoms in total. The summed E-state index contributed by atoms with van der Waals surface area (Å²) in [4.78, 5) is 20.0. The van der Waals surface area contributed by atoms with E-state index in [2.05, 4.69) is 16.8 Å². The van der Waals surface area contributed by atoms with Gasteiger partial charge < -0.3 is 0 Å². The molecule has 0 N–H and O–H groups in total. The lowest BCUT2D eigenvalue weighted by molar-refractivity contribution is 0.151. The van der Waals surface area contributed by atoms with Crippen molar-refractivity contribution in [3.05, 3.63) is 33.2 Å². The molecule has 0 aromatic carbocycles. The van der Waals surface area contributed by atoms with Gasteiger partial charge in [0.25, 0.3) is 5.56 Å². The number of likely N-dealkylation sites (tertiary alicyclic amines) is 1. The number of aromatic nitrogens is 2. The third-order valence-electron chi connectivity index (χ3n) is 3.93. The van der Waals surface area contributed by atoms with Gasteiger partial charge in [-0.05, 0) is 33.2 Å². The van der Waals surface area contributed by atoms with Gasteiger partial charge in [0.1, 0.15) is 0 Å². The predicted octanol–water partition coefficient (Wildman–Crippen LogP) is 2.44. The van der Waals surface area contributed by atoms with E-state index in [1.54, 1.807) is 10.5 Å². The SMILES string of the molecule is Cc1csc2nc(CN3CCCC[C@@H]3C)cc(=O)n12. The Morgan fingerprint density at radius 3 is 3.11 bits per heavy atom. The summed E-state index contributed by atoms with van der Waals surface area (Å²) in [6, 6.07) is 2.28. The van der Waals surface area contributed by atoms with Crippen LogP contribution in [0.25, 0.3) is 4.96 Å². The number of hydrogen-bond acceptors (Lipinski definition) is 4. The fourth-order valence-electron chi connectivity index (χ4n) is 2.78. The van der Waals surface area contributed by atoms with Gasteiger partial charge in [0.2, 0.25) is 0 Å². The molecule has 1 fully saturated rings. The van der Waals surface area contributed by atoms with Crippen LogP contribution in [0, 0.1) is 6.92 Å². The molecule has 1 aliphatic rings. The van der Waals surface area contributed by atoms with Crippen LogP contribution in [-0.2, 0) is 6.54 Å². The van der Waals surface area contributed by atoms with E-state index < -0.39 is 0 Å². The largest absolute Gasteiger partial charge is 0.295 e. The second kappa shape index (κ2) is 5.06. The lowest BCUT2D eigenvalue weighted by Crippen LogP contribution is -2.37. The maximum absolute atomic E-state index is 12.1. The first-order valence-electron chi connectivity index (χ1n) is 6.86. The zero-order chi connectivity index (χ0) is 13.4. The van der Waals surface area contributed by atoms with Crippen LogP contribution in [0.3, 0.4) is 0 Å². The first-order chi connectivity index (χ1) is 9.15. The van der Waals surface area contributed by atoms with Gasteiger partial charge in [-0.25, -0.2) is 4.98 Å². The summed E-state index contributed by atoms with van der Waals surface area (Å²) in [5.74, 6) is 0. The van der Waals surface area contributed by atoms with Crippen molar-refractivity contribution in [2.24, 2.45) is 0 Å². The smallest absolute Gasteiger partial charge is 0.259 e. The topological polar surface area (TPSA) is 37.6 Å². The Hall–Kier alpha value is -1.20. The number of thiazole rings is 1. The van der Waals surface area contributed by atoms with E-state index in [1.807, 2.05) is 12.3 Å². The van der Waals surface area contributed by atoms with Gasteiger partial charge in [-0.1, -0.05) is 6.42 Å². The van der Waals surface area contributed by atoms with E-state index in [0.717, 1.165) is 29.4 Å². The summed E-state index contributed by atoms with van der Waals surface area (Å²) in [7, 11) is 0. The average molecular weight is 277 g/mol. The fraction of sp³-hybridized carbons (Fsp3) is 0.571. The van der Waals surface area contributed by atoms with E-state index in [9.17, 15) is 4.79 Å². The van der Waals surface area contributed by atoms with Crippen LogP contribution in [-0.4, -0.2) is 26.9 Å².